The molecule has 2 aromatic carbocycles. The van der Waals surface area contributed by atoms with E-state index in [1.807, 2.05) is 42.2 Å². The fraction of sp³-hybridized carbons (Fsp3) is 0.407. The van der Waals surface area contributed by atoms with E-state index >= 15 is 0 Å². The van der Waals surface area contributed by atoms with Crippen LogP contribution < -0.4 is 4.90 Å². The van der Waals surface area contributed by atoms with Crippen LogP contribution in [0.5, 0.6) is 0 Å². The number of morpholine rings is 1. The summed E-state index contributed by atoms with van der Waals surface area (Å²) in [6.45, 7) is 8.14. The number of nitrogens with zero attached hydrogens (tertiary/aromatic N) is 3. The van der Waals surface area contributed by atoms with E-state index in [4.69, 9.17) is 9.26 Å². The number of anilines is 1. The molecule has 1 aliphatic carbocycles. The highest BCUT2D eigenvalue weighted by Crippen LogP contribution is 2.36. The average molecular weight is 446 g/mol. The number of amides is 1. The fourth-order valence-electron chi connectivity index (χ4n) is 4.48. The zero-order valence-corrected chi connectivity index (χ0v) is 19.4. The van der Waals surface area contributed by atoms with Crippen molar-refractivity contribution in [3.05, 3.63) is 70.8 Å². The maximum atomic E-state index is 13.7. The first-order valence-electron chi connectivity index (χ1n) is 11.8. The molecule has 1 aliphatic heterocycles. The van der Waals surface area contributed by atoms with Gasteiger partial charge in [-0.3, -0.25) is 4.79 Å². The summed E-state index contributed by atoms with van der Waals surface area (Å²) in [5.74, 6) is 1.41. The van der Waals surface area contributed by atoms with E-state index in [1.165, 1.54) is 18.4 Å². The zero-order valence-electron chi connectivity index (χ0n) is 19.4. The van der Waals surface area contributed by atoms with Crippen molar-refractivity contribution in [3.63, 3.8) is 0 Å². The number of aryl methyl sites for hydroxylation is 2. The van der Waals surface area contributed by atoms with Crippen molar-refractivity contribution < 1.29 is 14.1 Å². The lowest BCUT2D eigenvalue weighted by Gasteiger charge is -2.28. The maximum absolute atomic E-state index is 13.7. The molecule has 0 spiro atoms. The standard InChI is InChI=1S/C27H31N3O3/c1-19-6-5-8-22(16-19)25-24(27(33-28-25)29-12-14-32-15-13-29)18-30(17-21-10-11-21)26(31)23-9-4-3-7-20(23)2/h3-9,16,21H,10-15,17-18H2,1-2H3. The molecule has 2 fully saturated rings. The normalized spacial score (nSPS) is 16.1. The van der Waals surface area contributed by atoms with E-state index in [9.17, 15) is 4.79 Å². The van der Waals surface area contributed by atoms with Crippen molar-refractivity contribution in [2.24, 2.45) is 5.92 Å². The number of hydrogen-bond acceptors (Lipinski definition) is 5. The van der Waals surface area contributed by atoms with Crippen LogP contribution in [0.15, 0.2) is 53.1 Å². The van der Waals surface area contributed by atoms with E-state index < -0.39 is 0 Å². The predicted molar refractivity (Wildman–Crippen MR) is 128 cm³/mol. The van der Waals surface area contributed by atoms with Crippen LogP contribution in [0, 0.1) is 19.8 Å². The Morgan fingerprint density at radius 1 is 1.09 bits per heavy atom. The molecule has 0 radical (unpaired) electrons. The van der Waals surface area contributed by atoms with Crippen molar-refractivity contribution in [1.82, 2.24) is 10.1 Å². The topological polar surface area (TPSA) is 58.8 Å². The van der Waals surface area contributed by atoms with Gasteiger partial charge in [0.25, 0.3) is 5.91 Å². The van der Waals surface area contributed by atoms with Crippen molar-refractivity contribution in [3.8, 4) is 11.3 Å². The summed E-state index contributed by atoms with van der Waals surface area (Å²) in [5.41, 5.74) is 5.74. The molecule has 1 saturated heterocycles. The van der Waals surface area contributed by atoms with Gasteiger partial charge in [-0.2, -0.15) is 0 Å². The SMILES string of the molecule is Cc1cccc(-c2noc(N3CCOCC3)c2CN(CC2CC2)C(=O)c2ccccc2C)c1. The van der Waals surface area contributed by atoms with Gasteiger partial charge < -0.3 is 19.1 Å². The first-order valence-corrected chi connectivity index (χ1v) is 11.8. The van der Waals surface area contributed by atoms with Gasteiger partial charge in [0, 0.05) is 30.8 Å². The van der Waals surface area contributed by atoms with Crippen LogP contribution in [-0.2, 0) is 11.3 Å². The third-order valence-electron chi connectivity index (χ3n) is 6.54. The molecule has 2 aliphatic rings. The Labute approximate surface area is 195 Å². The molecular formula is C27H31N3O3. The Bertz CT molecular complexity index is 1130. The molecule has 172 valence electrons. The van der Waals surface area contributed by atoms with E-state index in [1.54, 1.807) is 0 Å². The van der Waals surface area contributed by atoms with Gasteiger partial charge in [0.05, 0.1) is 25.3 Å². The monoisotopic (exact) mass is 445 g/mol. The second-order valence-corrected chi connectivity index (χ2v) is 9.23. The van der Waals surface area contributed by atoms with Gasteiger partial charge in [-0.05, 0) is 50.3 Å². The van der Waals surface area contributed by atoms with E-state index in [0.29, 0.717) is 25.7 Å². The molecule has 1 aromatic heterocycles. The lowest BCUT2D eigenvalue weighted by molar-refractivity contribution is 0.0734. The molecule has 1 saturated carbocycles. The number of carbonyl (C=O) groups excluding carboxylic acids is 1. The van der Waals surface area contributed by atoms with Crippen LogP contribution in [0.3, 0.4) is 0 Å². The highest BCUT2D eigenvalue weighted by molar-refractivity contribution is 5.95. The highest BCUT2D eigenvalue weighted by Gasteiger charge is 2.31. The molecule has 0 atom stereocenters. The number of aromatic nitrogens is 1. The lowest BCUT2D eigenvalue weighted by Crippen LogP contribution is -2.38. The third kappa shape index (κ3) is 4.81. The molecule has 0 unspecified atom stereocenters. The fourth-order valence-corrected chi connectivity index (χ4v) is 4.48. The zero-order chi connectivity index (χ0) is 22.8. The quantitative estimate of drug-likeness (QED) is 0.520. The lowest BCUT2D eigenvalue weighted by atomic mass is 10.0. The molecular weight excluding hydrogens is 414 g/mol. The van der Waals surface area contributed by atoms with Gasteiger partial charge in [0.15, 0.2) is 0 Å². The Kier molecular flexibility index (Phi) is 6.18. The van der Waals surface area contributed by atoms with Gasteiger partial charge in [0.1, 0.15) is 5.69 Å². The second kappa shape index (κ2) is 9.40. The molecule has 3 aromatic rings. The van der Waals surface area contributed by atoms with Gasteiger partial charge in [-0.15, -0.1) is 0 Å². The Morgan fingerprint density at radius 3 is 2.61 bits per heavy atom. The van der Waals surface area contributed by atoms with Crippen LogP contribution in [0.25, 0.3) is 11.3 Å². The van der Waals surface area contributed by atoms with Crippen LogP contribution in [-0.4, -0.2) is 48.8 Å². The predicted octanol–water partition coefficient (Wildman–Crippen LogP) is 4.85. The summed E-state index contributed by atoms with van der Waals surface area (Å²) < 4.78 is 11.5. The van der Waals surface area contributed by atoms with Crippen LogP contribution in [0.4, 0.5) is 5.88 Å². The van der Waals surface area contributed by atoms with Gasteiger partial charge in [0.2, 0.25) is 5.88 Å². The largest absolute Gasteiger partial charge is 0.378 e. The molecule has 33 heavy (non-hydrogen) atoms. The average Bonchev–Trinajstić information content (AvgIpc) is 3.56. The molecule has 2 heterocycles. The van der Waals surface area contributed by atoms with Crippen LogP contribution in [0.1, 0.15) is 39.9 Å². The summed E-state index contributed by atoms with van der Waals surface area (Å²) in [4.78, 5) is 17.9. The third-order valence-corrected chi connectivity index (χ3v) is 6.54. The minimum Gasteiger partial charge on any atom is -0.378 e. The highest BCUT2D eigenvalue weighted by atomic mass is 16.5. The summed E-state index contributed by atoms with van der Waals surface area (Å²) in [6.07, 6.45) is 2.37. The van der Waals surface area contributed by atoms with Crippen LogP contribution >= 0.6 is 0 Å². The first-order chi connectivity index (χ1) is 16.1. The van der Waals surface area contributed by atoms with Crippen molar-refractivity contribution in [2.75, 3.05) is 37.7 Å². The minimum absolute atomic E-state index is 0.0734. The van der Waals surface area contributed by atoms with Gasteiger partial charge in [-0.1, -0.05) is 47.1 Å². The number of benzene rings is 2. The molecule has 0 N–H and O–H groups in total. The minimum atomic E-state index is 0.0734. The number of carbonyl (C=O) groups is 1. The molecule has 1 amide bonds. The van der Waals surface area contributed by atoms with Gasteiger partial charge in [-0.25, -0.2) is 0 Å². The maximum Gasteiger partial charge on any atom is 0.254 e. The molecule has 6 nitrogen and oxygen atoms in total. The molecule has 5 rings (SSSR count). The van der Waals surface area contributed by atoms with Crippen molar-refractivity contribution in [1.29, 1.82) is 0 Å². The summed E-state index contributed by atoms with van der Waals surface area (Å²) in [6, 6.07) is 16.1. The summed E-state index contributed by atoms with van der Waals surface area (Å²) in [7, 11) is 0. The van der Waals surface area contributed by atoms with Crippen molar-refractivity contribution in [2.45, 2.75) is 33.2 Å². The Hall–Kier alpha value is -3.12. The van der Waals surface area contributed by atoms with E-state index in [2.05, 4.69) is 35.2 Å². The number of rotatable bonds is 7. The van der Waals surface area contributed by atoms with Crippen LogP contribution in [0.2, 0.25) is 0 Å². The molecule has 6 heteroatoms. The second-order valence-electron chi connectivity index (χ2n) is 9.23. The summed E-state index contributed by atoms with van der Waals surface area (Å²) in [5, 5.41) is 4.50. The summed E-state index contributed by atoms with van der Waals surface area (Å²) >= 11 is 0. The smallest absolute Gasteiger partial charge is 0.254 e. The van der Waals surface area contributed by atoms with E-state index in [0.717, 1.165) is 53.5 Å². The Balaban J connectivity index is 1.54. The Morgan fingerprint density at radius 2 is 1.88 bits per heavy atom. The van der Waals surface area contributed by atoms with E-state index in [-0.39, 0.29) is 5.91 Å². The molecule has 0 bridgehead atoms. The number of ether oxygens (including phenoxy) is 1. The number of hydrogen-bond donors (Lipinski definition) is 0. The van der Waals surface area contributed by atoms with Crippen molar-refractivity contribution >= 4 is 11.8 Å². The van der Waals surface area contributed by atoms with Gasteiger partial charge >= 0.3 is 0 Å². The first kappa shape index (κ1) is 21.7.